The van der Waals surface area contributed by atoms with Gasteiger partial charge in [0.15, 0.2) is 0 Å². The molecule has 0 N–H and O–H groups in total. The summed E-state index contributed by atoms with van der Waals surface area (Å²) >= 11 is 3.13. The van der Waals surface area contributed by atoms with Gasteiger partial charge in [-0.15, -0.1) is 23.1 Å². The fourth-order valence-corrected chi connectivity index (χ4v) is 4.13. The van der Waals surface area contributed by atoms with E-state index in [-0.39, 0.29) is 11.8 Å². The molecule has 1 saturated heterocycles. The molecular weight excluding hydrogens is 318 g/mol. The molecule has 1 fully saturated rings. The van der Waals surface area contributed by atoms with Gasteiger partial charge in [0.05, 0.1) is 6.54 Å². The van der Waals surface area contributed by atoms with Gasteiger partial charge in [-0.05, 0) is 24.1 Å². The molecule has 0 bridgehead atoms. The Hall–Kier alpha value is -1.05. The third-order valence-corrected chi connectivity index (χ3v) is 5.59. The summed E-state index contributed by atoms with van der Waals surface area (Å²) in [6.45, 7) is 3.50. The quantitative estimate of drug-likeness (QED) is 0.782. The number of likely N-dealkylation sites (N-methyl/N-ethyl adjacent to an activating group) is 1. The summed E-state index contributed by atoms with van der Waals surface area (Å²) < 4.78 is 0. The van der Waals surface area contributed by atoms with Gasteiger partial charge in [-0.2, -0.15) is 0 Å². The van der Waals surface area contributed by atoms with Crippen molar-refractivity contribution in [3.63, 3.8) is 0 Å². The van der Waals surface area contributed by atoms with Gasteiger partial charge in [-0.1, -0.05) is 0 Å². The van der Waals surface area contributed by atoms with Crippen LogP contribution in [0.4, 0.5) is 0 Å². The molecule has 0 spiro atoms. The van der Waals surface area contributed by atoms with Gasteiger partial charge < -0.3 is 9.80 Å². The molecule has 122 valence electrons. The van der Waals surface area contributed by atoms with Crippen LogP contribution in [0, 0.1) is 0 Å². The van der Waals surface area contributed by atoms with Gasteiger partial charge in [0.2, 0.25) is 5.91 Å². The van der Waals surface area contributed by atoms with E-state index >= 15 is 0 Å². The second-order valence-electron chi connectivity index (χ2n) is 5.53. The minimum atomic E-state index is 0.114. The normalized spacial score (nSPS) is 16.4. The number of rotatable bonds is 4. The van der Waals surface area contributed by atoms with Crippen molar-refractivity contribution in [1.29, 1.82) is 0 Å². The standard InChI is InChI=1S/C15H23N3O2S2/c1-16(2)13(19)11-17-6-4-7-18(9-8-17)15(20)14-12(21-3)5-10-22-14/h5,10H,4,6-9,11H2,1-3H3. The van der Waals surface area contributed by atoms with Crippen molar-refractivity contribution >= 4 is 34.9 Å². The second kappa shape index (κ2) is 7.99. The highest BCUT2D eigenvalue weighted by atomic mass is 32.2. The van der Waals surface area contributed by atoms with Crippen molar-refractivity contribution in [3.05, 3.63) is 16.3 Å². The Bertz CT molecular complexity index is 531. The van der Waals surface area contributed by atoms with Crippen molar-refractivity contribution < 1.29 is 9.59 Å². The lowest BCUT2D eigenvalue weighted by Crippen LogP contribution is -2.39. The Labute approximate surface area is 140 Å². The first kappa shape index (κ1) is 17.3. The Morgan fingerprint density at radius 2 is 2.05 bits per heavy atom. The Morgan fingerprint density at radius 1 is 1.27 bits per heavy atom. The summed E-state index contributed by atoms with van der Waals surface area (Å²) in [5.74, 6) is 0.239. The second-order valence-corrected chi connectivity index (χ2v) is 7.29. The van der Waals surface area contributed by atoms with Crippen molar-refractivity contribution in [1.82, 2.24) is 14.7 Å². The van der Waals surface area contributed by atoms with Crippen molar-refractivity contribution in [2.75, 3.05) is 53.1 Å². The molecular formula is C15H23N3O2S2. The molecule has 1 aromatic rings. The van der Waals surface area contributed by atoms with Crippen LogP contribution in [0.1, 0.15) is 16.1 Å². The molecule has 0 atom stereocenters. The Morgan fingerprint density at radius 3 is 2.73 bits per heavy atom. The summed E-state index contributed by atoms with van der Waals surface area (Å²) in [6, 6.07) is 2.00. The largest absolute Gasteiger partial charge is 0.348 e. The molecule has 1 aliphatic rings. The number of thioether (sulfide) groups is 1. The molecule has 0 aromatic carbocycles. The molecule has 22 heavy (non-hydrogen) atoms. The average Bonchev–Trinajstić information content (AvgIpc) is 2.86. The lowest BCUT2D eigenvalue weighted by molar-refractivity contribution is -0.129. The zero-order chi connectivity index (χ0) is 16.1. The maximum Gasteiger partial charge on any atom is 0.265 e. The molecule has 0 radical (unpaired) electrons. The van der Waals surface area contributed by atoms with Crippen LogP contribution in [-0.2, 0) is 4.79 Å². The number of hydrogen-bond acceptors (Lipinski definition) is 5. The van der Waals surface area contributed by atoms with E-state index < -0.39 is 0 Å². The Kier molecular flexibility index (Phi) is 6.28. The van der Waals surface area contributed by atoms with Crippen LogP contribution in [0.2, 0.25) is 0 Å². The van der Waals surface area contributed by atoms with E-state index in [1.54, 1.807) is 30.8 Å². The molecule has 2 rings (SSSR count). The van der Waals surface area contributed by atoms with E-state index in [0.29, 0.717) is 13.1 Å². The van der Waals surface area contributed by atoms with Gasteiger partial charge in [0.25, 0.3) is 5.91 Å². The highest BCUT2D eigenvalue weighted by molar-refractivity contribution is 7.98. The number of nitrogens with zero attached hydrogens (tertiary/aromatic N) is 3. The van der Waals surface area contributed by atoms with Crippen LogP contribution in [0.25, 0.3) is 0 Å². The lowest BCUT2D eigenvalue weighted by Gasteiger charge is -2.22. The minimum Gasteiger partial charge on any atom is -0.348 e. The van der Waals surface area contributed by atoms with E-state index in [9.17, 15) is 9.59 Å². The smallest absolute Gasteiger partial charge is 0.265 e. The molecule has 7 heteroatoms. The van der Waals surface area contributed by atoms with E-state index in [2.05, 4.69) is 4.90 Å². The summed E-state index contributed by atoms with van der Waals surface area (Å²) in [5.41, 5.74) is 0. The van der Waals surface area contributed by atoms with E-state index in [0.717, 1.165) is 35.8 Å². The monoisotopic (exact) mass is 341 g/mol. The predicted octanol–water partition coefficient (Wildman–Crippen LogP) is 1.71. The van der Waals surface area contributed by atoms with Crippen molar-refractivity contribution in [2.24, 2.45) is 0 Å². The zero-order valence-electron chi connectivity index (χ0n) is 13.4. The first-order valence-corrected chi connectivity index (χ1v) is 9.46. The molecule has 1 aliphatic heterocycles. The minimum absolute atomic E-state index is 0.114. The van der Waals surface area contributed by atoms with Gasteiger partial charge >= 0.3 is 0 Å². The van der Waals surface area contributed by atoms with Crippen LogP contribution in [0.5, 0.6) is 0 Å². The number of carbonyl (C=O) groups excluding carboxylic acids is 2. The van der Waals surface area contributed by atoms with Gasteiger partial charge in [0, 0.05) is 45.2 Å². The summed E-state index contributed by atoms with van der Waals surface area (Å²) in [4.78, 5) is 32.0. The molecule has 0 aliphatic carbocycles. The number of carbonyl (C=O) groups is 2. The van der Waals surface area contributed by atoms with Crippen LogP contribution < -0.4 is 0 Å². The highest BCUT2D eigenvalue weighted by Crippen LogP contribution is 2.27. The first-order valence-electron chi connectivity index (χ1n) is 7.36. The molecule has 0 unspecified atom stereocenters. The zero-order valence-corrected chi connectivity index (χ0v) is 15.0. The average molecular weight is 342 g/mol. The van der Waals surface area contributed by atoms with E-state index in [1.807, 2.05) is 22.6 Å². The SMILES string of the molecule is CSc1ccsc1C(=O)N1CCCN(CC(=O)N(C)C)CC1. The summed E-state index contributed by atoms with van der Waals surface area (Å²) in [6.07, 6.45) is 2.91. The van der Waals surface area contributed by atoms with Crippen molar-refractivity contribution in [2.45, 2.75) is 11.3 Å². The maximum atomic E-state index is 12.7. The first-order chi connectivity index (χ1) is 10.5. The van der Waals surface area contributed by atoms with Crippen molar-refractivity contribution in [3.8, 4) is 0 Å². The van der Waals surface area contributed by atoms with Crippen LogP contribution in [0.3, 0.4) is 0 Å². The molecule has 1 aromatic heterocycles. The van der Waals surface area contributed by atoms with Gasteiger partial charge in [0.1, 0.15) is 4.88 Å². The van der Waals surface area contributed by atoms with Gasteiger partial charge in [-0.25, -0.2) is 0 Å². The fourth-order valence-electron chi connectivity index (χ4n) is 2.42. The van der Waals surface area contributed by atoms with E-state index in [1.165, 1.54) is 11.3 Å². The summed E-state index contributed by atoms with van der Waals surface area (Å²) in [7, 11) is 3.55. The number of hydrogen-bond donors (Lipinski definition) is 0. The fraction of sp³-hybridized carbons (Fsp3) is 0.600. The third-order valence-electron chi connectivity index (χ3n) is 3.78. The van der Waals surface area contributed by atoms with E-state index in [4.69, 9.17) is 0 Å². The maximum absolute atomic E-state index is 12.7. The topological polar surface area (TPSA) is 43.9 Å². The number of thiophene rings is 1. The molecule has 5 nitrogen and oxygen atoms in total. The Balaban J connectivity index is 1.95. The molecule has 0 saturated carbocycles. The summed E-state index contributed by atoms with van der Waals surface area (Å²) in [5, 5.41) is 1.97. The predicted molar refractivity (Wildman–Crippen MR) is 91.8 cm³/mol. The number of amides is 2. The van der Waals surface area contributed by atoms with Crippen LogP contribution >= 0.6 is 23.1 Å². The molecule has 2 amide bonds. The molecule has 2 heterocycles. The van der Waals surface area contributed by atoms with Gasteiger partial charge in [-0.3, -0.25) is 14.5 Å². The third kappa shape index (κ3) is 4.24. The van der Waals surface area contributed by atoms with Crippen LogP contribution in [-0.4, -0.2) is 79.6 Å². The highest BCUT2D eigenvalue weighted by Gasteiger charge is 2.24. The van der Waals surface area contributed by atoms with Crippen LogP contribution in [0.15, 0.2) is 16.3 Å². The lowest BCUT2D eigenvalue weighted by atomic mass is 10.3.